The summed E-state index contributed by atoms with van der Waals surface area (Å²) in [4.78, 5) is 26.6. The van der Waals surface area contributed by atoms with Gasteiger partial charge in [0.05, 0.1) is 25.4 Å². The number of allylic oxidation sites excluding steroid dienone is 7. The number of unbranched alkanes of at least 4 members (excludes halogenated alkanes) is 35. The number of aliphatic hydroxyl groups excluding tert-OH is 5. The summed E-state index contributed by atoms with van der Waals surface area (Å²) in [6.45, 7) is 5.78. The van der Waals surface area contributed by atoms with Crippen molar-refractivity contribution in [2.24, 2.45) is 0 Å². The summed E-state index contributed by atoms with van der Waals surface area (Å²) in [5, 5.41) is 57.1. The van der Waals surface area contributed by atoms with E-state index in [-0.39, 0.29) is 19.4 Å². The molecule has 0 aromatic carbocycles. The van der Waals surface area contributed by atoms with Gasteiger partial charge in [0.1, 0.15) is 24.4 Å². The zero-order valence-corrected chi connectivity index (χ0v) is 49.8. The molecule has 8 atom stereocenters. The maximum absolute atomic E-state index is 13.4. The third-order valence-electron chi connectivity index (χ3n) is 15.2. The summed E-state index contributed by atoms with van der Waals surface area (Å²) in [5.41, 5.74) is 0. The van der Waals surface area contributed by atoms with Crippen LogP contribution >= 0.6 is 0 Å². The van der Waals surface area contributed by atoms with Crippen LogP contribution in [0.1, 0.15) is 297 Å². The number of carbonyl (C=O) groups excluding carboxylic acids is 2. The quantitative estimate of drug-likeness (QED) is 0.0195. The van der Waals surface area contributed by atoms with Crippen molar-refractivity contribution in [2.45, 2.75) is 346 Å². The smallest absolute Gasteiger partial charge is 0.306 e. The van der Waals surface area contributed by atoms with Gasteiger partial charge in [0.2, 0.25) is 5.91 Å². The zero-order chi connectivity index (χ0) is 56.1. The van der Waals surface area contributed by atoms with Gasteiger partial charge < -0.3 is 45.1 Å². The van der Waals surface area contributed by atoms with E-state index in [0.29, 0.717) is 12.8 Å². The standard InChI is InChI=1S/C66H121NO10/c1-4-7-10-13-16-19-22-25-27-29-30-31-33-36-39-42-45-48-51-54-61(71)77-64-63(73)62(72)60(55-68)76-66(64)75-56-57(58(69)52-49-46-43-40-37-34-24-21-18-15-12-9-6-3)67-65(74)59(70)53-50-47-44-41-38-35-32-28-26-23-20-17-14-11-8-5-2/h17,20,25-28,49,52,57-60,62-64,66,68-70,72-73H,4-16,18-19,21-24,29-48,50-51,53-56H2,1-3H3,(H,67,74)/b20-17-,27-25+,28-26-,52-49+. The number of esters is 1. The van der Waals surface area contributed by atoms with Crippen molar-refractivity contribution >= 4 is 11.9 Å². The Morgan fingerprint density at radius 1 is 0.506 bits per heavy atom. The molecule has 0 saturated carbocycles. The van der Waals surface area contributed by atoms with Gasteiger partial charge in [0, 0.05) is 6.42 Å². The average molecular weight is 1090 g/mol. The predicted octanol–water partition coefficient (Wildman–Crippen LogP) is 15.6. The lowest BCUT2D eigenvalue weighted by atomic mass is 9.99. The van der Waals surface area contributed by atoms with Gasteiger partial charge in [-0.05, 0) is 83.5 Å². The summed E-state index contributed by atoms with van der Waals surface area (Å²) in [5.74, 6) is -1.20. The van der Waals surface area contributed by atoms with Gasteiger partial charge in [-0.25, -0.2) is 0 Å². The van der Waals surface area contributed by atoms with Gasteiger partial charge in [-0.15, -0.1) is 0 Å². The molecule has 1 heterocycles. The molecule has 77 heavy (non-hydrogen) atoms. The molecular formula is C66H121NO10. The number of hydrogen-bond acceptors (Lipinski definition) is 10. The fourth-order valence-electron chi connectivity index (χ4n) is 10.0. The molecule has 0 radical (unpaired) electrons. The topological polar surface area (TPSA) is 175 Å². The Hall–Kier alpha value is -2.38. The third-order valence-corrected chi connectivity index (χ3v) is 15.2. The van der Waals surface area contributed by atoms with Crippen LogP contribution in [0.3, 0.4) is 0 Å². The van der Waals surface area contributed by atoms with E-state index in [0.717, 1.165) is 83.5 Å². The molecule has 11 heteroatoms. The number of rotatable bonds is 55. The molecule has 1 fully saturated rings. The monoisotopic (exact) mass is 1090 g/mol. The van der Waals surface area contributed by atoms with Gasteiger partial charge in [-0.1, -0.05) is 256 Å². The molecule has 0 spiro atoms. The number of hydrogen-bond donors (Lipinski definition) is 6. The van der Waals surface area contributed by atoms with E-state index in [1.807, 2.05) is 6.08 Å². The van der Waals surface area contributed by atoms with E-state index >= 15 is 0 Å². The Bertz CT molecular complexity index is 1440. The maximum atomic E-state index is 13.4. The van der Waals surface area contributed by atoms with E-state index in [4.69, 9.17) is 14.2 Å². The van der Waals surface area contributed by atoms with Crippen LogP contribution < -0.4 is 5.32 Å². The Balaban J connectivity index is 2.67. The zero-order valence-electron chi connectivity index (χ0n) is 49.8. The van der Waals surface area contributed by atoms with Crippen LogP contribution in [0.2, 0.25) is 0 Å². The lowest BCUT2D eigenvalue weighted by molar-refractivity contribution is -0.305. The highest BCUT2D eigenvalue weighted by molar-refractivity contribution is 5.80. The molecule has 11 nitrogen and oxygen atoms in total. The summed E-state index contributed by atoms with van der Waals surface area (Å²) in [7, 11) is 0. The van der Waals surface area contributed by atoms with Crippen LogP contribution in [-0.4, -0.2) is 99.6 Å². The highest BCUT2D eigenvalue weighted by Crippen LogP contribution is 2.26. The van der Waals surface area contributed by atoms with Crippen molar-refractivity contribution in [3.63, 3.8) is 0 Å². The molecule has 6 N–H and O–H groups in total. The van der Waals surface area contributed by atoms with E-state index < -0.39 is 67.4 Å². The van der Waals surface area contributed by atoms with Crippen LogP contribution in [0, 0.1) is 0 Å². The first-order valence-electron chi connectivity index (χ1n) is 32.4. The molecule has 0 bridgehead atoms. The first kappa shape index (κ1) is 72.6. The number of nitrogens with one attached hydrogen (secondary N) is 1. The first-order valence-corrected chi connectivity index (χ1v) is 32.4. The van der Waals surface area contributed by atoms with Crippen LogP contribution in [0.4, 0.5) is 0 Å². The molecule has 1 aliphatic heterocycles. The first-order chi connectivity index (χ1) is 37.7. The molecule has 0 aromatic heterocycles. The minimum absolute atomic E-state index is 0.121. The minimum Gasteiger partial charge on any atom is -0.454 e. The van der Waals surface area contributed by atoms with Crippen molar-refractivity contribution in [1.82, 2.24) is 5.32 Å². The lowest BCUT2D eigenvalue weighted by Crippen LogP contribution is -2.61. The number of aliphatic hydroxyl groups is 5. The molecule has 8 unspecified atom stereocenters. The largest absolute Gasteiger partial charge is 0.454 e. The highest BCUT2D eigenvalue weighted by atomic mass is 16.7. The van der Waals surface area contributed by atoms with Crippen LogP contribution in [0.15, 0.2) is 48.6 Å². The normalized spacial score (nSPS) is 19.3. The Labute approximate surface area is 472 Å². The Morgan fingerprint density at radius 3 is 1.36 bits per heavy atom. The van der Waals surface area contributed by atoms with E-state index in [2.05, 4.69) is 62.5 Å². The van der Waals surface area contributed by atoms with Crippen LogP contribution in [0.5, 0.6) is 0 Å². The molecule has 1 amide bonds. The summed E-state index contributed by atoms with van der Waals surface area (Å²) in [6, 6.07) is -1.03. The summed E-state index contributed by atoms with van der Waals surface area (Å²) < 4.78 is 17.6. The predicted molar refractivity (Wildman–Crippen MR) is 320 cm³/mol. The fraction of sp³-hybridized carbons (Fsp3) is 0.848. The number of carbonyl (C=O) groups is 2. The molecule has 450 valence electrons. The van der Waals surface area contributed by atoms with Gasteiger partial charge in [0.25, 0.3) is 0 Å². The number of amides is 1. The lowest BCUT2D eigenvalue weighted by Gasteiger charge is -2.41. The van der Waals surface area contributed by atoms with Gasteiger partial charge in [-0.2, -0.15) is 0 Å². The molecular weight excluding hydrogens is 967 g/mol. The molecule has 0 aromatic rings. The van der Waals surface area contributed by atoms with Gasteiger partial charge in [0.15, 0.2) is 12.4 Å². The highest BCUT2D eigenvalue weighted by Gasteiger charge is 2.47. The van der Waals surface area contributed by atoms with Crippen molar-refractivity contribution < 1.29 is 49.3 Å². The fourth-order valence-corrected chi connectivity index (χ4v) is 10.0. The molecule has 1 aliphatic rings. The van der Waals surface area contributed by atoms with Gasteiger partial charge in [-0.3, -0.25) is 9.59 Å². The second-order valence-corrected chi connectivity index (χ2v) is 22.5. The Morgan fingerprint density at radius 2 is 0.896 bits per heavy atom. The Kier molecular flexibility index (Phi) is 51.1. The minimum atomic E-state index is -1.62. The molecule has 1 rings (SSSR count). The second-order valence-electron chi connectivity index (χ2n) is 22.5. The van der Waals surface area contributed by atoms with Crippen LogP contribution in [-0.2, 0) is 23.8 Å². The average Bonchev–Trinajstić information content (AvgIpc) is 3.43. The van der Waals surface area contributed by atoms with E-state index in [1.54, 1.807) is 6.08 Å². The van der Waals surface area contributed by atoms with Gasteiger partial charge >= 0.3 is 5.97 Å². The SMILES string of the molecule is CCCCC/C=C\C/C=C\CCCCCCCCC(O)C(=O)NC(COC1OC(CO)C(O)C(O)C1OC(=O)CCCCCCCCCCC/C=C/CCCCCCCC)C(O)/C=C/CCCCCCCCCCCCC. The molecule has 1 saturated heterocycles. The van der Waals surface area contributed by atoms with Crippen molar-refractivity contribution in [2.75, 3.05) is 13.2 Å². The third kappa shape index (κ3) is 42.2. The van der Waals surface area contributed by atoms with E-state index in [9.17, 15) is 35.1 Å². The van der Waals surface area contributed by atoms with Crippen molar-refractivity contribution in [3.8, 4) is 0 Å². The maximum Gasteiger partial charge on any atom is 0.306 e. The van der Waals surface area contributed by atoms with E-state index in [1.165, 1.54) is 167 Å². The number of ether oxygens (including phenoxy) is 3. The summed E-state index contributed by atoms with van der Waals surface area (Å²) in [6.07, 6.45) is 55.7. The summed E-state index contributed by atoms with van der Waals surface area (Å²) >= 11 is 0. The second kappa shape index (κ2) is 54.2. The van der Waals surface area contributed by atoms with Crippen molar-refractivity contribution in [3.05, 3.63) is 48.6 Å². The van der Waals surface area contributed by atoms with Crippen LogP contribution in [0.25, 0.3) is 0 Å². The van der Waals surface area contributed by atoms with Crippen molar-refractivity contribution in [1.29, 1.82) is 0 Å². The molecule has 0 aliphatic carbocycles.